The van der Waals surface area contributed by atoms with Crippen molar-refractivity contribution in [2.24, 2.45) is 0 Å². The van der Waals surface area contributed by atoms with E-state index in [2.05, 4.69) is 5.32 Å². The Balaban J connectivity index is 2.48. The molecule has 0 saturated carbocycles. The Kier molecular flexibility index (Phi) is 5.14. The Morgan fingerprint density at radius 3 is 2.69 bits per heavy atom. The normalized spacial score (nSPS) is 34.8. The summed E-state index contributed by atoms with van der Waals surface area (Å²) in [4.78, 5) is 11.3. The van der Waals surface area contributed by atoms with Gasteiger partial charge in [0.25, 0.3) is 0 Å². The second kappa shape index (κ2) is 6.15. The van der Waals surface area contributed by atoms with Gasteiger partial charge in [-0.3, -0.25) is 4.79 Å². The molecule has 16 heavy (non-hydrogen) atoms. The topological polar surface area (TPSA) is 99.0 Å². The molecule has 0 aromatic heterocycles. The summed E-state index contributed by atoms with van der Waals surface area (Å²) in [6, 6.07) is -0.614. The number of carbonyl (C=O) groups excluding carboxylic acids is 1. The zero-order valence-corrected chi connectivity index (χ0v) is 9.30. The quantitative estimate of drug-likeness (QED) is 0.468. The van der Waals surface area contributed by atoms with E-state index in [4.69, 9.17) is 9.84 Å². The molecule has 4 atom stereocenters. The molecule has 94 valence electrons. The van der Waals surface area contributed by atoms with Crippen LogP contribution in [0.1, 0.15) is 19.8 Å². The first-order valence-electron chi connectivity index (χ1n) is 5.48. The summed E-state index contributed by atoms with van der Waals surface area (Å²) in [7, 11) is 0. The van der Waals surface area contributed by atoms with Crippen LogP contribution in [0.5, 0.6) is 0 Å². The number of hydrogen-bond acceptors (Lipinski definition) is 5. The predicted octanol–water partition coefficient (Wildman–Crippen LogP) is -1.62. The molecule has 6 heteroatoms. The van der Waals surface area contributed by atoms with Crippen molar-refractivity contribution in [3.05, 3.63) is 0 Å². The van der Waals surface area contributed by atoms with Crippen molar-refractivity contribution >= 4 is 5.91 Å². The molecule has 1 aliphatic rings. The van der Waals surface area contributed by atoms with Gasteiger partial charge in [0, 0.05) is 6.42 Å². The monoisotopic (exact) mass is 233 g/mol. The van der Waals surface area contributed by atoms with Crippen molar-refractivity contribution in [2.75, 3.05) is 13.2 Å². The SMILES string of the molecule is CCCC(=O)N[C@H]1CO[C@H](CO)[C@@H](O)[C@@H]1O. The van der Waals surface area contributed by atoms with Crippen LogP contribution in [0.15, 0.2) is 0 Å². The Morgan fingerprint density at radius 1 is 1.44 bits per heavy atom. The lowest BCUT2D eigenvalue weighted by atomic mass is 9.98. The van der Waals surface area contributed by atoms with Gasteiger partial charge < -0.3 is 25.4 Å². The molecule has 4 N–H and O–H groups in total. The molecular weight excluding hydrogens is 214 g/mol. The van der Waals surface area contributed by atoms with Crippen molar-refractivity contribution in [3.8, 4) is 0 Å². The lowest BCUT2D eigenvalue weighted by molar-refractivity contribution is -0.164. The van der Waals surface area contributed by atoms with Crippen molar-refractivity contribution in [1.29, 1.82) is 0 Å². The van der Waals surface area contributed by atoms with Crippen LogP contribution in [0.2, 0.25) is 0 Å². The smallest absolute Gasteiger partial charge is 0.220 e. The summed E-state index contributed by atoms with van der Waals surface area (Å²) in [5.41, 5.74) is 0. The summed E-state index contributed by atoms with van der Waals surface area (Å²) >= 11 is 0. The molecular formula is C10H19NO5. The van der Waals surface area contributed by atoms with Crippen molar-refractivity contribution in [2.45, 2.75) is 44.1 Å². The Labute approximate surface area is 94.2 Å². The van der Waals surface area contributed by atoms with E-state index in [1.54, 1.807) is 0 Å². The molecule has 1 amide bonds. The van der Waals surface area contributed by atoms with E-state index in [9.17, 15) is 15.0 Å². The summed E-state index contributed by atoms with van der Waals surface area (Å²) in [5, 5.41) is 30.7. The van der Waals surface area contributed by atoms with E-state index in [0.717, 1.165) is 6.42 Å². The van der Waals surface area contributed by atoms with Gasteiger partial charge in [-0.05, 0) is 6.42 Å². The summed E-state index contributed by atoms with van der Waals surface area (Å²) < 4.78 is 5.13. The molecule has 0 aromatic carbocycles. The van der Waals surface area contributed by atoms with Crippen molar-refractivity contribution in [3.63, 3.8) is 0 Å². The number of hydrogen-bond donors (Lipinski definition) is 4. The van der Waals surface area contributed by atoms with Crippen LogP contribution in [-0.4, -0.2) is 58.8 Å². The summed E-state index contributed by atoms with van der Waals surface area (Å²) in [5.74, 6) is -0.176. The van der Waals surface area contributed by atoms with Gasteiger partial charge in [0.2, 0.25) is 5.91 Å². The van der Waals surface area contributed by atoms with Gasteiger partial charge >= 0.3 is 0 Å². The van der Waals surface area contributed by atoms with Gasteiger partial charge in [0.15, 0.2) is 0 Å². The van der Waals surface area contributed by atoms with E-state index in [-0.39, 0.29) is 19.1 Å². The van der Waals surface area contributed by atoms with Gasteiger partial charge in [0.05, 0.1) is 19.3 Å². The van der Waals surface area contributed by atoms with E-state index in [1.807, 2.05) is 6.92 Å². The molecule has 6 nitrogen and oxygen atoms in total. The largest absolute Gasteiger partial charge is 0.394 e. The zero-order chi connectivity index (χ0) is 12.1. The van der Waals surface area contributed by atoms with E-state index >= 15 is 0 Å². The Hall–Kier alpha value is -0.690. The second-order valence-electron chi connectivity index (χ2n) is 3.96. The Morgan fingerprint density at radius 2 is 2.12 bits per heavy atom. The highest BCUT2D eigenvalue weighted by molar-refractivity contribution is 5.76. The molecule has 0 bridgehead atoms. The van der Waals surface area contributed by atoms with Crippen LogP contribution < -0.4 is 5.32 Å². The highest BCUT2D eigenvalue weighted by atomic mass is 16.5. The highest BCUT2D eigenvalue weighted by Crippen LogP contribution is 2.15. The summed E-state index contributed by atoms with van der Waals surface area (Å²) in [6.45, 7) is 1.62. The van der Waals surface area contributed by atoms with Gasteiger partial charge in [-0.25, -0.2) is 0 Å². The number of aliphatic hydroxyl groups excluding tert-OH is 3. The molecule has 1 rings (SSSR count). The number of aliphatic hydroxyl groups is 3. The molecule has 1 fully saturated rings. The maximum atomic E-state index is 11.3. The van der Waals surface area contributed by atoms with Crippen LogP contribution in [0.25, 0.3) is 0 Å². The minimum Gasteiger partial charge on any atom is -0.394 e. The number of rotatable bonds is 4. The third kappa shape index (κ3) is 3.15. The molecule has 1 aliphatic heterocycles. The van der Waals surface area contributed by atoms with Crippen LogP contribution >= 0.6 is 0 Å². The fourth-order valence-electron chi connectivity index (χ4n) is 1.68. The minimum atomic E-state index is -1.18. The molecule has 0 unspecified atom stereocenters. The first-order chi connectivity index (χ1) is 7.60. The molecule has 1 heterocycles. The average Bonchev–Trinajstić information content (AvgIpc) is 2.25. The standard InChI is InChI=1S/C10H19NO5/c1-2-3-8(13)11-6-5-16-7(4-12)10(15)9(6)14/h6-7,9-10,12,14-15H,2-5H2,1H3,(H,11,13)/t6-,7+,9+,10+/m0/s1. The van der Waals surface area contributed by atoms with E-state index < -0.39 is 24.4 Å². The van der Waals surface area contributed by atoms with Crippen LogP contribution in [-0.2, 0) is 9.53 Å². The lowest BCUT2D eigenvalue weighted by Crippen LogP contribution is -2.59. The lowest BCUT2D eigenvalue weighted by Gasteiger charge is -2.37. The second-order valence-corrected chi connectivity index (χ2v) is 3.96. The average molecular weight is 233 g/mol. The molecule has 0 aliphatic carbocycles. The molecule has 0 aromatic rings. The fourth-order valence-corrected chi connectivity index (χ4v) is 1.68. The Bertz CT molecular complexity index is 235. The fraction of sp³-hybridized carbons (Fsp3) is 0.900. The molecule has 0 radical (unpaired) electrons. The van der Waals surface area contributed by atoms with Crippen molar-refractivity contribution in [1.82, 2.24) is 5.32 Å². The number of amides is 1. The third-order valence-corrected chi connectivity index (χ3v) is 2.64. The maximum Gasteiger partial charge on any atom is 0.220 e. The first-order valence-corrected chi connectivity index (χ1v) is 5.48. The van der Waals surface area contributed by atoms with Gasteiger partial charge in [0.1, 0.15) is 18.3 Å². The molecule has 1 saturated heterocycles. The zero-order valence-electron chi connectivity index (χ0n) is 9.30. The summed E-state index contributed by atoms with van der Waals surface area (Å²) in [6.07, 6.45) is -1.97. The van der Waals surface area contributed by atoms with Crippen molar-refractivity contribution < 1.29 is 24.9 Å². The third-order valence-electron chi connectivity index (χ3n) is 2.64. The predicted molar refractivity (Wildman–Crippen MR) is 55.7 cm³/mol. The maximum absolute atomic E-state index is 11.3. The highest BCUT2D eigenvalue weighted by Gasteiger charge is 2.38. The van der Waals surface area contributed by atoms with Crippen LogP contribution in [0, 0.1) is 0 Å². The van der Waals surface area contributed by atoms with E-state index in [0.29, 0.717) is 6.42 Å². The van der Waals surface area contributed by atoms with Crippen LogP contribution in [0.3, 0.4) is 0 Å². The van der Waals surface area contributed by atoms with Gasteiger partial charge in [-0.15, -0.1) is 0 Å². The first kappa shape index (κ1) is 13.4. The number of nitrogens with one attached hydrogen (secondary N) is 1. The van der Waals surface area contributed by atoms with E-state index in [1.165, 1.54) is 0 Å². The minimum absolute atomic E-state index is 0.0961. The molecule has 0 spiro atoms. The number of carbonyl (C=O) groups is 1. The number of ether oxygens (including phenoxy) is 1. The van der Waals surface area contributed by atoms with Gasteiger partial charge in [-0.2, -0.15) is 0 Å². The van der Waals surface area contributed by atoms with Crippen LogP contribution in [0.4, 0.5) is 0 Å². The van der Waals surface area contributed by atoms with Gasteiger partial charge in [-0.1, -0.05) is 6.92 Å².